The van der Waals surface area contributed by atoms with Gasteiger partial charge >= 0.3 is 12.0 Å². The number of carbonyl (C=O) groups excluding carboxylic acids is 2. The van der Waals surface area contributed by atoms with Gasteiger partial charge in [-0.1, -0.05) is 49.6 Å². The third kappa shape index (κ3) is 5.57. The van der Waals surface area contributed by atoms with Crippen LogP contribution in [0.1, 0.15) is 43.7 Å². The third-order valence-electron chi connectivity index (χ3n) is 4.04. The zero-order valence-electron chi connectivity index (χ0n) is 13.5. The summed E-state index contributed by atoms with van der Waals surface area (Å²) in [5.74, 6) is -1.70. The van der Waals surface area contributed by atoms with Crippen LogP contribution in [0.3, 0.4) is 0 Å². The molecule has 0 spiro atoms. The molecule has 4 N–H and O–H groups in total. The third-order valence-corrected chi connectivity index (χ3v) is 4.04. The van der Waals surface area contributed by atoms with Crippen molar-refractivity contribution in [2.24, 2.45) is 0 Å². The summed E-state index contributed by atoms with van der Waals surface area (Å²) in [7, 11) is 0. The van der Waals surface area contributed by atoms with Crippen LogP contribution in [0.5, 0.6) is 0 Å². The van der Waals surface area contributed by atoms with E-state index >= 15 is 0 Å². The molecule has 1 aromatic carbocycles. The highest BCUT2D eigenvalue weighted by Crippen LogP contribution is 2.17. The van der Waals surface area contributed by atoms with Gasteiger partial charge in [0.05, 0.1) is 6.54 Å². The fourth-order valence-electron chi connectivity index (χ4n) is 2.79. The summed E-state index contributed by atoms with van der Waals surface area (Å²) in [6, 6.07) is 7.04. The topological polar surface area (TPSA) is 108 Å². The lowest BCUT2D eigenvalue weighted by Crippen LogP contribution is -2.47. The number of urea groups is 1. The quantitative estimate of drug-likeness (QED) is 0.633. The predicted molar refractivity (Wildman–Crippen MR) is 88.4 cm³/mol. The molecule has 1 saturated carbocycles. The van der Waals surface area contributed by atoms with Crippen LogP contribution in [0.15, 0.2) is 30.3 Å². The molecule has 0 heterocycles. The highest BCUT2D eigenvalue weighted by atomic mass is 16.4. The van der Waals surface area contributed by atoms with Crippen LogP contribution < -0.4 is 16.0 Å². The van der Waals surface area contributed by atoms with Crippen LogP contribution in [-0.4, -0.2) is 35.6 Å². The van der Waals surface area contributed by atoms with Crippen LogP contribution in [-0.2, 0) is 9.59 Å². The standard InChI is InChI=1S/C17H23N3O4/c21-14(11-18-17(24)19-13-9-5-2-6-10-13)20-15(16(22)23)12-7-3-1-4-8-12/h1,3-4,7-8,13,15H,2,5-6,9-11H2,(H,20,21)(H,22,23)(H2,18,19,24)/t15-/m1/s1. The monoisotopic (exact) mass is 333 g/mol. The lowest BCUT2D eigenvalue weighted by atomic mass is 9.96. The Hall–Kier alpha value is -2.57. The van der Waals surface area contributed by atoms with Gasteiger partial charge in [-0.15, -0.1) is 0 Å². The fourth-order valence-corrected chi connectivity index (χ4v) is 2.79. The van der Waals surface area contributed by atoms with E-state index in [9.17, 15) is 19.5 Å². The Bertz CT molecular complexity index is 570. The van der Waals surface area contributed by atoms with Crippen LogP contribution >= 0.6 is 0 Å². The number of benzene rings is 1. The molecular weight excluding hydrogens is 310 g/mol. The van der Waals surface area contributed by atoms with Crippen molar-refractivity contribution in [2.75, 3.05) is 6.54 Å². The Morgan fingerprint density at radius 1 is 1.08 bits per heavy atom. The molecule has 24 heavy (non-hydrogen) atoms. The maximum atomic E-state index is 11.9. The number of nitrogens with one attached hydrogen (secondary N) is 3. The molecule has 2 rings (SSSR count). The van der Waals surface area contributed by atoms with Gasteiger partial charge in [0.25, 0.3) is 0 Å². The molecule has 0 aliphatic heterocycles. The molecular formula is C17H23N3O4. The minimum atomic E-state index is -1.15. The summed E-state index contributed by atoms with van der Waals surface area (Å²) in [5.41, 5.74) is 0.477. The van der Waals surface area contributed by atoms with E-state index in [1.807, 2.05) is 0 Å². The summed E-state index contributed by atoms with van der Waals surface area (Å²) in [5, 5.41) is 17.0. The van der Waals surface area contributed by atoms with E-state index in [4.69, 9.17) is 0 Å². The molecule has 3 amide bonds. The number of aliphatic carboxylic acids is 1. The van der Waals surface area contributed by atoms with Crippen molar-refractivity contribution in [2.45, 2.75) is 44.2 Å². The molecule has 0 bridgehead atoms. The minimum absolute atomic E-state index is 0.151. The van der Waals surface area contributed by atoms with E-state index in [0.717, 1.165) is 25.7 Å². The van der Waals surface area contributed by atoms with Gasteiger partial charge in [0, 0.05) is 6.04 Å². The van der Waals surface area contributed by atoms with Crippen molar-refractivity contribution in [3.8, 4) is 0 Å². The summed E-state index contributed by atoms with van der Waals surface area (Å²) >= 11 is 0. The van der Waals surface area contributed by atoms with E-state index in [1.165, 1.54) is 6.42 Å². The summed E-state index contributed by atoms with van der Waals surface area (Å²) in [6.07, 6.45) is 5.30. The summed E-state index contributed by atoms with van der Waals surface area (Å²) < 4.78 is 0. The molecule has 0 radical (unpaired) electrons. The zero-order valence-corrected chi connectivity index (χ0v) is 13.5. The highest BCUT2D eigenvalue weighted by molar-refractivity contribution is 5.88. The van der Waals surface area contributed by atoms with Crippen molar-refractivity contribution >= 4 is 17.9 Å². The fraction of sp³-hybridized carbons (Fsp3) is 0.471. The first kappa shape index (κ1) is 17.8. The largest absolute Gasteiger partial charge is 0.479 e. The van der Waals surface area contributed by atoms with E-state index in [2.05, 4.69) is 16.0 Å². The first-order chi connectivity index (χ1) is 11.6. The van der Waals surface area contributed by atoms with Crippen LogP contribution in [0.2, 0.25) is 0 Å². The Kier molecular flexibility index (Phi) is 6.60. The first-order valence-electron chi connectivity index (χ1n) is 8.17. The lowest BCUT2D eigenvalue weighted by Gasteiger charge is -2.23. The molecule has 1 aliphatic carbocycles. The van der Waals surface area contributed by atoms with Gasteiger partial charge in [0.15, 0.2) is 6.04 Å². The van der Waals surface area contributed by atoms with Crippen molar-refractivity contribution < 1.29 is 19.5 Å². The minimum Gasteiger partial charge on any atom is -0.479 e. The molecule has 130 valence electrons. The van der Waals surface area contributed by atoms with Crippen molar-refractivity contribution in [1.29, 1.82) is 0 Å². The van der Waals surface area contributed by atoms with Gasteiger partial charge in [0.1, 0.15) is 0 Å². The lowest BCUT2D eigenvalue weighted by molar-refractivity contribution is -0.141. The second-order valence-electron chi connectivity index (χ2n) is 5.91. The molecule has 7 heteroatoms. The number of carboxylic acid groups (broad SMARTS) is 1. The second kappa shape index (κ2) is 8.90. The molecule has 7 nitrogen and oxygen atoms in total. The predicted octanol–water partition coefficient (Wildman–Crippen LogP) is 1.56. The normalized spacial score (nSPS) is 16.0. The van der Waals surface area contributed by atoms with Crippen LogP contribution in [0, 0.1) is 0 Å². The number of carbonyl (C=O) groups is 3. The Morgan fingerprint density at radius 3 is 2.38 bits per heavy atom. The number of carboxylic acids is 1. The number of amides is 3. The Balaban J connectivity index is 1.78. The average molecular weight is 333 g/mol. The van der Waals surface area contributed by atoms with Gasteiger partial charge in [-0.05, 0) is 18.4 Å². The van der Waals surface area contributed by atoms with Crippen molar-refractivity contribution in [3.05, 3.63) is 35.9 Å². The second-order valence-corrected chi connectivity index (χ2v) is 5.91. The van der Waals surface area contributed by atoms with E-state index in [1.54, 1.807) is 30.3 Å². The molecule has 1 atom stereocenters. The first-order valence-corrected chi connectivity index (χ1v) is 8.17. The summed E-state index contributed by atoms with van der Waals surface area (Å²) in [4.78, 5) is 35.0. The van der Waals surface area contributed by atoms with Gasteiger partial charge in [0.2, 0.25) is 5.91 Å². The van der Waals surface area contributed by atoms with Crippen molar-refractivity contribution in [3.63, 3.8) is 0 Å². The molecule has 0 saturated heterocycles. The highest BCUT2D eigenvalue weighted by Gasteiger charge is 2.22. The summed E-state index contributed by atoms with van der Waals surface area (Å²) in [6.45, 7) is -0.269. The van der Waals surface area contributed by atoms with E-state index in [-0.39, 0.29) is 12.6 Å². The number of rotatable bonds is 6. The van der Waals surface area contributed by atoms with E-state index < -0.39 is 23.9 Å². The van der Waals surface area contributed by atoms with Crippen molar-refractivity contribution in [1.82, 2.24) is 16.0 Å². The van der Waals surface area contributed by atoms with Gasteiger partial charge < -0.3 is 21.1 Å². The SMILES string of the molecule is O=C(CNC(=O)NC1CCCCC1)N[C@@H](C(=O)O)c1ccccc1. The molecule has 0 aromatic heterocycles. The number of hydrogen-bond acceptors (Lipinski definition) is 3. The van der Waals surface area contributed by atoms with E-state index in [0.29, 0.717) is 5.56 Å². The average Bonchev–Trinajstić information content (AvgIpc) is 2.59. The smallest absolute Gasteiger partial charge is 0.330 e. The molecule has 1 fully saturated rings. The maximum absolute atomic E-state index is 11.9. The van der Waals surface area contributed by atoms with Gasteiger partial charge in [-0.3, -0.25) is 4.79 Å². The molecule has 1 aliphatic rings. The maximum Gasteiger partial charge on any atom is 0.330 e. The molecule has 1 aromatic rings. The van der Waals surface area contributed by atoms with Gasteiger partial charge in [-0.25, -0.2) is 9.59 Å². The Labute approximate surface area is 140 Å². The van der Waals surface area contributed by atoms with Gasteiger partial charge in [-0.2, -0.15) is 0 Å². The molecule has 0 unspecified atom stereocenters. The number of hydrogen-bond donors (Lipinski definition) is 4. The van der Waals surface area contributed by atoms with Crippen LogP contribution in [0.25, 0.3) is 0 Å². The van der Waals surface area contributed by atoms with Crippen LogP contribution in [0.4, 0.5) is 4.79 Å². The zero-order chi connectivity index (χ0) is 17.4. The Morgan fingerprint density at radius 2 is 1.75 bits per heavy atom.